The highest BCUT2D eigenvalue weighted by Gasteiger charge is 2.10. The first-order valence-electron chi connectivity index (χ1n) is 8.81. The van der Waals surface area contributed by atoms with E-state index in [0.717, 1.165) is 17.2 Å². The molecule has 0 saturated carbocycles. The van der Waals surface area contributed by atoms with E-state index in [9.17, 15) is 4.79 Å². The fourth-order valence-corrected chi connectivity index (χ4v) is 2.61. The predicted molar refractivity (Wildman–Crippen MR) is 112 cm³/mol. The number of amides is 1. The average molecular weight is 377 g/mol. The normalized spacial score (nSPS) is 10.3. The molecule has 0 saturated heterocycles. The van der Waals surface area contributed by atoms with Gasteiger partial charge in [0, 0.05) is 37.1 Å². The molecule has 0 bridgehead atoms. The van der Waals surface area contributed by atoms with Gasteiger partial charge in [0.05, 0.1) is 12.8 Å². The minimum Gasteiger partial charge on any atom is -0.495 e. The number of carbonyl (C=O) groups excluding carboxylic acids is 1. The van der Waals surface area contributed by atoms with Crippen LogP contribution in [0.4, 0.5) is 23.1 Å². The Morgan fingerprint density at radius 3 is 2.43 bits per heavy atom. The van der Waals surface area contributed by atoms with Gasteiger partial charge in [-0.1, -0.05) is 12.1 Å². The second kappa shape index (κ2) is 8.39. The molecule has 1 aromatic heterocycles. The smallest absolute Gasteiger partial charge is 0.255 e. The summed E-state index contributed by atoms with van der Waals surface area (Å²) < 4.78 is 5.26. The Balaban J connectivity index is 1.72. The molecular formula is C21H23N5O2. The van der Waals surface area contributed by atoms with Crippen molar-refractivity contribution in [2.24, 2.45) is 0 Å². The molecule has 0 unspecified atom stereocenters. The quantitative estimate of drug-likeness (QED) is 0.679. The van der Waals surface area contributed by atoms with Gasteiger partial charge in [0.2, 0.25) is 5.95 Å². The first-order valence-corrected chi connectivity index (χ1v) is 8.81. The van der Waals surface area contributed by atoms with Gasteiger partial charge in [0.15, 0.2) is 0 Å². The summed E-state index contributed by atoms with van der Waals surface area (Å²) in [7, 11) is 5.43. The maximum Gasteiger partial charge on any atom is 0.255 e. The summed E-state index contributed by atoms with van der Waals surface area (Å²) >= 11 is 0. The van der Waals surface area contributed by atoms with E-state index in [1.165, 1.54) is 0 Å². The minimum absolute atomic E-state index is 0.210. The SMILES string of the molecule is COc1ccccc1NC(=O)c1ccc(Nc2nc(C)cc(N(C)C)n2)cc1. The molecule has 144 valence electrons. The molecule has 0 radical (unpaired) electrons. The number of methoxy groups -OCH3 is 1. The van der Waals surface area contributed by atoms with Crippen LogP contribution in [0.3, 0.4) is 0 Å². The number of nitrogens with zero attached hydrogens (tertiary/aromatic N) is 3. The predicted octanol–water partition coefficient (Wildman–Crippen LogP) is 3.86. The molecule has 0 spiro atoms. The minimum atomic E-state index is -0.210. The van der Waals surface area contributed by atoms with Crippen LogP contribution in [0.15, 0.2) is 54.6 Å². The van der Waals surface area contributed by atoms with Crippen molar-refractivity contribution in [2.45, 2.75) is 6.92 Å². The highest BCUT2D eigenvalue weighted by atomic mass is 16.5. The highest BCUT2D eigenvalue weighted by Crippen LogP contribution is 2.24. The van der Waals surface area contributed by atoms with E-state index in [1.54, 1.807) is 31.4 Å². The third kappa shape index (κ3) is 4.56. The number of benzene rings is 2. The van der Waals surface area contributed by atoms with Crippen LogP contribution in [0.1, 0.15) is 16.1 Å². The summed E-state index contributed by atoms with van der Waals surface area (Å²) in [6, 6.07) is 16.3. The summed E-state index contributed by atoms with van der Waals surface area (Å²) in [5.41, 5.74) is 2.83. The van der Waals surface area contributed by atoms with Gasteiger partial charge >= 0.3 is 0 Å². The number of hydrogen-bond acceptors (Lipinski definition) is 6. The first-order chi connectivity index (χ1) is 13.5. The van der Waals surface area contributed by atoms with Crippen molar-refractivity contribution in [1.29, 1.82) is 0 Å². The third-order valence-corrected chi connectivity index (χ3v) is 4.06. The number of aryl methyl sites for hydroxylation is 1. The molecule has 0 aliphatic rings. The molecule has 0 fully saturated rings. The Bertz CT molecular complexity index is 971. The van der Waals surface area contributed by atoms with Crippen LogP contribution >= 0.6 is 0 Å². The van der Waals surface area contributed by atoms with Crippen molar-refractivity contribution >= 4 is 29.0 Å². The van der Waals surface area contributed by atoms with Crippen molar-refractivity contribution in [2.75, 3.05) is 36.7 Å². The van der Waals surface area contributed by atoms with Crippen LogP contribution in [0.2, 0.25) is 0 Å². The molecule has 2 aromatic carbocycles. The van der Waals surface area contributed by atoms with Crippen LogP contribution in [-0.2, 0) is 0 Å². The van der Waals surface area contributed by atoms with Gasteiger partial charge in [-0.05, 0) is 43.3 Å². The van der Waals surface area contributed by atoms with Gasteiger partial charge in [-0.25, -0.2) is 4.98 Å². The zero-order valence-electron chi connectivity index (χ0n) is 16.4. The summed E-state index contributed by atoms with van der Waals surface area (Å²) in [5.74, 6) is 1.73. The molecule has 1 heterocycles. The van der Waals surface area contributed by atoms with Crippen molar-refractivity contribution < 1.29 is 9.53 Å². The summed E-state index contributed by atoms with van der Waals surface area (Å²) in [4.78, 5) is 23.3. The molecule has 0 aliphatic carbocycles. The average Bonchev–Trinajstić information content (AvgIpc) is 2.68. The molecule has 7 heteroatoms. The summed E-state index contributed by atoms with van der Waals surface area (Å²) in [6.07, 6.45) is 0. The topological polar surface area (TPSA) is 79.4 Å². The van der Waals surface area contributed by atoms with Crippen LogP contribution in [0, 0.1) is 6.92 Å². The van der Waals surface area contributed by atoms with E-state index in [0.29, 0.717) is 22.9 Å². The van der Waals surface area contributed by atoms with E-state index in [-0.39, 0.29) is 5.91 Å². The van der Waals surface area contributed by atoms with E-state index < -0.39 is 0 Å². The molecular weight excluding hydrogens is 354 g/mol. The monoisotopic (exact) mass is 377 g/mol. The lowest BCUT2D eigenvalue weighted by molar-refractivity contribution is 0.102. The fourth-order valence-electron chi connectivity index (χ4n) is 2.61. The number of hydrogen-bond donors (Lipinski definition) is 2. The van der Waals surface area contributed by atoms with Crippen molar-refractivity contribution in [3.8, 4) is 5.75 Å². The highest BCUT2D eigenvalue weighted by molar-refractivity contribution is 6.05. The van der Waals surface area contributed by atoms with E-state index >= 15 is 0 Å². The third-order valence-electron chi connectivity index (χ3n) is 4.06. The molecule has 1 amide bonds. The lowest BCUT2D eigenvalue weighted by Gasteiger charge is -2.14. The standard InChI is InChI=1S/C21H23N5O2/c1-14-13-19(26(2)3)25-21(22-14)23-16-11-9-15(10-12-16)20(27)24-17-7-5-6-8-18(17)28-4/h5-13H,1-4H3,(H,24,27)(H,22,23,25). The van der Waals surface area contributed by atoms with E-state index in [1.807, 2.05) is 56.3 Å². The lowest BCUT2D eigenvalue weighted by Crippen LogP contribution is -2.13. The number of ether oxygens (including phenoxy) is 1. The zero-order valence-corrected chi connectivity index (χ0v) is 16.4. The number of aromatic nitrogens is 2. The van der Waals surface area contributed by atoms with Crippen molar-refractivity contribution in [1.82, 2.24) is 9.97 Å². The molecule has 3 rings (SSSR count). The van der Waals surface area contributed by atoms with E-state index in [2.05, 4.69) is 20.6 Å². The summed E-state index contributed by atoms with van der Waals surface area (Å²) in [6.45, 7) is 1.92. The van der Waals surface area contributed by atoms with Gasteiger partial charge in [-0.3, -0.25) is 4.79 Å². The second-order valence-electron chi connectivity index (χ2n) is 6.44. The number of para-hydroxylation sites is 2. The number of anilines is 4. The Morgan fingerprint density at radius 1 is 1.04 bits per heavy atom. The number of nitrogens with one attached hydrogen (secondary N) is 2. The second-order valence-corrected chi connectivity index (χ2v) is 6.44. The van der Waals surface area contributed by atoms with Gasteiger partial charge in [-0.15, -0.1) is 0 Å². The van der Waals surface area contributed by atoms with Crippen molar-refractivity contribution in [3.63, 3.8) is 0 Å². The van der Waals surface area contributed by atoms with Gasteiger partial charge in [0.25, 0.3) is 5.91 Å². The number of carbonyl (C=O) groups is 1. The Morgan fingerprint density at radius 2 is 1.75 bits per heavy atom. The molecule has 0 atom stereocenters. The maximum absolute atomic E-state index is 12.5. The number of rotatable bonds is 6. The van der Waals surface area contributed by atoms with Crippen molar-refractivity contribution in [3.05, 3.63) is 65.9 Å². The van der Waals surface area contributed by atoms with Gasteiger partial charge in [-0.2, -0.15) is 4.98 Å². The fraction of sp³-hybridized carbons (Fsp3) is 0.190. The van der Waals surface area contributed by atoms with Gasteiger partial charge < -0.3 is 20.3 Å². The zero-order chi connectivity index (χ0) is 20.1. The van der Waals surface area contributed by atoms with E-state index in [4.69, 9.17) is 4.74 Å². The molecule has 3 aromatic rings. The molecule has 7 nitrogen and oxygen atoms in total. The first kappa shape index (κ1) is 19.2. The maximum atomic E-state index is 12.5. The van der Waals surface area contributed by atoms with Crippen LogP contribution in [-0.4, -0.2) is 37.1 Å². The Kier molecular flexibility index (Phi) is 5.74. The molecule has 2 N–H and O–H groups in total. The lowest BCUT2D eigenvalue weighted by atomic mass is 10.2. The molecule has 28 heavy (non-hydrogen) atoms. The molecule has 0 aliphatic heterocycles. The van der Waals surface area contributed by atoms with Crippen LogP contribution in [0.25, 0.3) is 0 Å². The Labute approximate surface area is 164 Å². The van der Waals surface area contributed by atoms with Gasteiger partial charge in [0.1, 0.15) is 11.6 Å². The largest absolute Gasteiger partial charge is 0.495 e. The Hall–Kier alpha value is -3.61. The summed E-state index contributed by atoms with van der Waals surface area (Å²) in [5, 5.41) is 6.03. The van der Waals surface area contributed by atoms with Crippen LogP contribution < -0.4 is 20.3 Å². The van der Waals surface area contributed by atoms with Crippen LogP contribution in [0.5, 0.6) is 5.75 Å².